The Balaban J connectivity index is 3.22. The predicted molar refractivity (Wildman–Crippen MR) is 56.7 cm³/mol. The van der Waals surface area contributed by atoms with Crippen LogP contribution in [0.4, 0.5) is 0 Å². The zero-order chi connectivity index (χ0) is 9.61. The van der Waals surface area contributed by atoms with Crippen molar-refractivity contribution in [3.63, 3.8) is 0 Å². The molecule has 0 aromatic heterocycles. The molecular weight excluding hydrogens is 170 g/mol. The second-order valence-electron chi connectivity index (χ2n) is 3.88. The molecule has 1 unspecified atom stereocenters. The van der Waals surface area contributed by atoms with Gasteiger partial charge < -0.3 is 10.5 Å². The number of hydrogen-bond acceptors (Lipinski definition) is 3. The molecule has 1 atom stereocenters. The molecule has 2 N–H and O–H groups in total. The van der Waals surface area contributed by atoms with Gasteiger partial charge in [0.25, 0.3) is 0 Å². The van der Waals surface area contributed by atoms with Crippen molar-refractivity contribution in [1.29, 1.82) is 0 Å². The third kappa shape index (κ3) is 8.37. The third-order valence-corrected chi connectivity index (χ3v) is 2.52. The molecule has 0 amide bonds. The molecule has 0 aromatic rings. The van der Waals surface area contributed by atoms with Gasteiger partial charge in [-0.1, -0.05) is 6.92 Å². The lowest BCUT2D eigenvalue weighted by Gasteiger charge is -2.19. The first-order valence-electron chi connectivity index (χ1n) is 4.41. The van der Waals surface area contributed by atoms with E-state index >= 15 is 0 Å². The molecule has 0 bridgehead atoms. The second kappa shape index (κ2) is 5.84. The van der Waals surface area contributed by atoms with Crippen molar-refractivity contribution in [2.45, 2.75) is 38.5 Å². The molecule has 0 saturated heterocycles. The zero-order valence-corrected chi connectivity index (χ0v) is 9.41. The van der Waals surface area contributed by atoms with Crippen LogP contribution in [-0.4, -0.2) is 29.8 Å². The number of hydrogen-bond donors (Lipinski definition) is 1. The average Bonchev–Trinajstić information content (AvgIpc) is 1.96. The highest BCUT2D eigenvalue weighted by Crippen LogP contribution is 2.11. The van der Waals surface area contributed by atoms with E-state index in [0.717, 1.165) is 18.9 Å². The lowest BCUT2D eigenvalue weighted by atomic mass is 10.2. The van der Waals surface area contributed by atoms with Crippen molar-refractivity contribution >= 4 is 11.8 Å². The van der Waals surface area contributed by atoms with Crippen molar-refractivity contribution in [2.75, 3.05) is 18.9 Å². The number of ether oxygens (including phenoxy) is 1. The van der Waals surface area contributed by atoms with E-state index in [4.69, 9.17) is 10.5 Å². The van der Waals surface area contributed by atoms with E-state index in [-0.39, 0.29) is 5.60 Å². The lowest BCUT2D eigenvalue weighted by molar-refractivity contribution is 0.00692. The minimum atomic E-state index is -0.00743. The van der Waals surface area contributed by atoms with Crippen molar-refractivity contribution < 1.29 is 4.74 Å². The maximum absolute atomic E-state index is 5.56. The van der Waals surface area contributed by atoms with Gasteiger partial charge in [0.15, 0.2) is 0 Å². The fourth-order valence-electron chi connectivity index (χ4n) is 0.665. The molecule has 0 radical (unpaired) electrons. The molecule has 0 heterocycles. The van der Waals surface area contributed by atoms with Crippen LogP contribution in [-0.2, 0) is 4.74 Å². The molecule has 3 heteroatoms. The highest BCUT2D eigenvalue weighted by atomic mass is 32.2. The van der Waals surface area contributed by atoms with Crippen LogP contribution in [0.2, 0.25) is 0 Å². The van der Waals surface area contributed by atoms with E-state index in [1.54, 1.807) is 0 Å². The summed E-state index contributed by atoms with van der Waals surface area (Å²) >= 11 is 1.87. The van der Waals surface area contributed by atoms with Gasteiger partial charge in [0.2, 0.25) is 0 Å². The summed E-state index contributed by atoms with van der Waals surface area (Å²) in [4.78, 5) is 0. The third-order valence-electron chi connectivity index (χ3n) is 1.35. The van der Waals surface area contributed by atoms with E-state index in [1.165, 1.54) is 0 Å². The molecule has 74 valence electrons. The Labute approximate surface area is 80.2 Å². The van der Waals surface area contributed by atoms with Crippen LogP contribution in [0.25, 0.3) is 0 Å². The molecule has 0 rings (SSSR count). The first-order chi connectivity index (χ1) is 5.45. The average molecular weight is 191 g/mol. The highest BCUT2D eigenvalue weighted by Gasteiger charge is 2.09. The SMILES string of the molecule is CC(CN)SCCOC(C)(C)C. The summed E-state index contributed by atoms with van der Waals surface area (Å²) in [7, 11) is 0. The van der Waals surface area contributed by atoms with Crippen LogP contribution < -0.4 is 5.73 Å². The Hall–Kier alpha value is 0.270. The lowest BCUT2D eigenvalue weighted by Crippen LogP contribution is -2.21. The van der Waals surface area contributed by atoms with Crippen LogP contribution in [0.1, 0.15) is 27.7 Å². The first kappa shape index (κ1) is 12.3. The topological polar surface area (TPSA) is 35.2 Å². The molecule has 0 aliphatic carbocycles. The van der Waals surface area contributed by atoms with Crippen LogP contribution in [0, 0.1) is 0 Å². The largest absolute Gasteiger partial charge is 0.375 e. The summed E-state index contributed by atoms with van der Waals surface area (Å²) in [6, 6.07) is 0. The van der Waals surface area contributed by atoms with Gasteiger partial charge >= 0.3 is 0 Å². The minimum Gasteiger partial charge on any atom is -0.375 e. The summed E-state index contributed by atoms with van der Waals surface area (Å²) < 4.78 is 5.56. The van der Waals surface area contributed by atoms with Crippen LogP contribution in [0.5, 0.6) is 0 Å². The predicted octanol–water partition coefficient (Wildman–Crippen LogP) is 1.88. The van der Waals surface area contributed by atoms with Crippen molar-refractivity contribution in [1.82, 2.24) is 0 Å². The summed E-state index contributed by atoms with van der Waals surface area (Å²) in [6.07, 6.45) is 0. The first-order valence-corrected chi connectivity index (χ1v) is 5.46. The monoisotopic (exact) mass is 191 g/mol. The number of thioether (sulfide) groups is 1. The van der Waals surface area contributed by atoms with Gasteiger partial charge in [-0.3, -0.25) is 0 Å². The van der Waals surface area contributed by atoms with E-state index in [2.05, 4.69) is 27.7 Å². The van der Waals surface area contributed by atoms with Crippen molar-refractivity contribution in [3.05, 3.63) is 0 Å². The maximum Gasteiger partial charge on any atom is 0.0598 e. The quantitative estimate of drug-likeness (QED) is 0.674. The molecule has 12 heavy (non-hydrogen) atoms. The fraction of sp³-hybridized carbons (Fsp3) is 1.00. The van der Waals surface area contributed by atoms with Crippen molar-refractivity contribution in [3.8, 4) is 0 Å². The van der Waals surface area contributed by atoms with Crippen molar-refractivity contribution in [2.24, 2.45) is 5.73 Å². The smallest absolute Gasteiger partial charge is 0.0598 e. The van der Waals surface area contributed by atoms with Gasteiger partial charge in [-0.2, -0.15) is 11.8 Å². The summed E-state index contributed by atoms with van der Waals surface area (Å²) in [5, 5.41) is 0.550. The molecule has 0 aromatic carbocycles. The van der Waals surface area contributed by atoms with Gasteiger partial charge in [0, 0.05) is 17.5 Å². The highest BCUT2D eigenvalue weighted by molar-refractivity contribution is 7.99. The van der Waals surface area contributed by atoms with Gasteiger partial charge in [-0.15, -0.1) is 0 Å². The van der Waals surface area contributed by atoms with Crippen LogP contribution in [0.15, 0.2) is 0 Å². The number of nitrogens with two attached hydrogens (primary N) is 1. The Bertz CT molecular complexity index is 112. The normalized spacial score (nSPS) is 14.8. The second-order valence-corrected chi connectivity index (χ2v) is 5.42. The molecule has 2 nitrogen and oxygen atoms in total. The van der Waals surface area contributed by atoms with E-state index in [9.17, 15) is 0 Å². The molecular formula is C9H21NOS. The Morgan fingerprint density at radius 1 is 1.42 bits per heavy atom. The van der Waals surface area contributed by atoms with Gasteiger partial charge in [0.1, 0.15) is 0 Å². The molecule has 0 spiro atoms. The fourth-order valence-corrected chi connectivity index (χ4v) is 1.38. The van der Waals surface area contributed by atoms with E-state index < -0.39 is 0 Å². The molecule has 0 fully saturated rings. The van der Waals surface area contributed by atoms with Gasteiger partial charge in [-0.05, 0) is 20.8 Å². The molecule has 0 saturated carbocycles. The standard InChI is InChI=1S/C9H21NOS/c1-8(7-10)12-6-5-11-9(2,3)4/h8H,5-7,10H2,1-4H3. The van der Waals surface area contributed by atoms with Gasteiger partial charge in [-0.25, -0.2) is 0 Å². The summed E-state index contributed by atoms with van der Waals surface area (Å²) in [5.41, 5.74) is 5.47. The Morgan fingerprint density at radius 3 is 2.42 bits per heavy atom. The van der Waals surface area contributed by atoms with Crippen LogP contribution in [0.3, 0.4) is 0 Å². The van der Waals surface area contributed by atoms with E-state index in [0.29, 0.717) is 5.25 Å². The van der Waals surface area contributed by atoms with Gasteiger partial charge in [0.05, 0.1) is 12.2 Å². The molecule has 0 aliphatic rings. The van der Waals surface area contributed by atoms with E-state index in [1.807, 2.05) is 11.8 Å². The minimum absolute atomic E-state index is 0.00743. The maximum atomic E-state index is 5.56. The Kier molecular flexibility index (Phi) is 5.97. The Morgan fingerprint density at radius 2 is 2.00 bits per heavy atom. The summed E-state index contributed by atoms with van der Waals surface area (Å²) in [6.45, 7) is 9.93. The zero-order valence-electron chi connectivity index (χ0n) is 8.59. The van der Waals surface area contributed by atoms with Crippen LogP contribution >= 0.6 is 11.8 Å². The summed E-state index contributed by atoms with van der Waals surface area (Å²) in [5.74, 6) is 1.04. The number of rotatable bonds is 5. The molecule has 0 aliphatic heterocycles.